The van der Waals surface area contributed by atoms with E-state index in [4.69, 9.17) is 4.98 Å². The van der Waals surface area contributed by atoms with Gasteiger partial charge in [-0.15, -0.1) is 11.3 Å². The Kier molecular flexibility index (Phi) is 3.88. The highest BCUT2D eigenvalue weighted by molar-refractivity contribution is 7.18. The topological polar surface area (TPSA) is 50.2 Å². The molecule has 1 saturated heterocycles. The third kappa shape index (κ3) is 2.53. The highest BCUT2D eigenvalue weighted by Crippen LogP contribution is 2.26. The number of fused-ring (bicyclic) bond motifs is 1. The van der Waals surface area contributed by atoms with Crippen molar-refractivity contribution in [2.24, 2.45) is 0 Å². The number of thiophene rings is 1. The van der Waals surface area contributed by atoms with Crippen LogP contribution in [-0.2, 0) is 0 Å². The van der Waals surface area contributed by atoms with Gasteiger partial charge in [-0.2, -0.15) is 0 Å². The summed E-state index contributed by atoms with van der Waals surface area (Å²) in [5.74, 6) is 0.845. The number of nitrogens with zero attached hydrogens (tertiary/aromatic N) is 1. The molecule has 5 heteroatoms. The number of likely N-dealkylation sites (tertiary alicyclic amines) is 1. The van der Waals surface area contributed by atoms with Crippen LogP contribution in [0.2, 0.25) is 0 Å². The Bertz CT molecular complexity index is 718. The molecule has 0 aliphatic carbocycles. The van der Waals surface area contributed by atoms with E-state index in [1.165, 1.54) is 30.7 Å². The molecule has 2 aromatic rings. The first-order valence-corrected chi connectivity index (χ1v) is 8.66. The Labute approximate surface area is 129 Å². The summed E-state index contributed by atoms with van der Waals surface area (Å²) < 4.78 is 0. The van der Waals surface area contributed by atoms with Gasteiger partial charge >= 0.3 is 0 Å². The van der Waals surface area contributed by atoms with E-state index in [9.17, 15) is 4.79 Å². The van der Waals surface area contributed by atoms with Crippen LogP contribution in [0.4, 0.5) is 0 Å². The van der Waals surface area contributed by atoms with E-state index < -0.39 is 0 Å². The molecule has 3 rings (SSSR count). The molecule has 0 aromatic carbocycles. The van der Waals surface area contributed by atoms with Crippen LogP contribution >= 0.6 is 11.3 Å². The first-order valence-electron chi connectivity index (χ1n) is 7.84. The number of piperidine rings is 1. The number of hydrogen-bond acceptors (Lipinski definition) is 3. The van der Waals surface area contributed by atoms with Gasteiger partial charge in [0.05, 0.1) is 18.0 Å². The van der Waals surface area contributed by atoms with Crippen LogP contribution in [0.3, 0.4) is 0 Å². The highest BCUT2D eigenvalue weighted by atomic mass is 32.1. The van der Waals surface area contributed by atoms with Crippen molar-refractivity contribution in [3.63, 3.8) is 0 Å². The van der Waals surface area contributed by atoms with Gasteiger partial charge in [0, 0.05) is 4.88 Å². The molecule has 1 unspecified atom stereocenters. The zero-order chi connectivity index (χ0) is 15.1. The van der Waals surface area contributed by atoms with E-state index in [2.05, 4.69) is 25.8 Å². The molecular weight excluding hydrogens is 282 g/mol. The molecule has 0 amide bonds. The van der Waals surface area contributed by atoms with Crippen molar-refractivity contribution in [2.75, 3.05) is 6.54 Å². The maximum absolute atomic E-state index is 12.4. The smallest absolute Gasteiger partial charge is 0.260 e. The second-order valence-corrected chi connectivity index (χ2v) is 7.56. The fraction of sp³-hybridized carbons (Fsp3) is 0.625. The second kappa shape index (κ2) is 5.54. The summed E-state index contributed by atoms with van der Waals surface area (Å²) in [5, 5.41) is 0.773. The predicted molar refractivity (Wildman–Crippen MR) is 87.3 cm³/mol. The average molecular weight is 306 g/mol. The number of aromatic amines is 1. The molecule has 21 heavy (non-hydrogen) atoms. The Morgan fingerprint density at radius 2 is 2.14 bits per heavy atom. The lowest BCUT2D eigenvalue weighted by Gasteiger charge is -2.34. The molecule has 0 radical (unpaired) electrons. The Morgan fingerprint density at radius 1 is 1.38 bits per heavy atom. The molecule has 1 aliphatic rings. The van der Waals surface area contributed by atoms with E-state index >= 15 is 0 Å². The molecule has 0 saturated carbocycles. The van der Waals surface area contributed by atoms with Crippen molar-refractivity contribution in [1.29, 1.82) is 0 Å². The van der Waals surface area contributed by atoms with E-state index in [0.29, 0.717) is 6.04 Å². The summed E-state index contributed by atoms with van der Waals surface area (Å²) in [6.45, 7) is 9.73. The summed E-state index contributed by atoms with van der Waals surface area (Å²) >= 11 is 1.63. The van der Waals surface area contributed by atoms with Crippen molar-refractivity contribution in [2.45, 2.75) is 59.0 Å². The zero-order valence-corrected chi connectivity index (χ0v) is 14.1. The van der Waals surface area contributed by atoms with Crippen molar-refractivity contribution >= 4 is 21.6 Å². The van der Waals surface area contributed by atoms with Crippen LogP contribution in [0.25, 0.3) is 10.2 Å². The van der Waals surface area contributed by atoms with Gasteiger partial charge < -0.3 is 9.88 Å². The predicted octanol–water partition coefficient (Wildman–Crippen LogP) is 2.12. The summed E-state index contributed by atoms with van der Waals surface area (Å²) in [5.41, 5.74) is 1.09. The van der Waals surface area contributed by atoms with Crippen LogP contribution in [0.15, 0.2) is 4.79 Å². The Balaban J connectivity index is 2.02. The molecule has 0 spiro atoms. The van der Waals surface area contributed by atoms with Crippen LogP contribution in [0, 0.1) is 13.8 Å². The van der Waals surface area contributed by atoms with E-state index in [1.807, 2.05) is 6.92 Å². The van der Waals surface area contributed by atoms with Gasteiger partial charge in [0.15, 0.2) is 5.82 Å². The first-order chi connectivity index (χ1) is 9.99. The molecule has 114 valence electrons. The Morgan fingerprint density at radius 3 is 2.86 bits per heavy atom. The van der Waals surface area contributed by atoms with Crippen molar-refractivity contribution in [3.8, 4) is 0 Å². The highest BCUT2D eigenvalue weighted by Gasteiger charge is 2.30. The number of aryl methyl sites for hydroxylation is 2. The molecular formula is C16H24N3OS+. The van der Waals surface area contributed by atoms with Crippen LogP contribution in [-0.4, -0.2) is 22.6 Å². The van der Waals surface area contributed by atoms with Crippen LogP contribution in [0.5, 0.6) is 0 Å². The summed E-state index contributed by atoms with van der Waals surface area (Å²) in [4.78, 5) is 23.8. The largest absolute Gasteiger partial charge is 0.324 e. The number of rotatable bonds is 2. The first kappa shape index (κ1) is 14.7. The van der Waals surface area contributed by atoms with Crippen LogP contribution < -0.4 is 10.5 Å². The van der Waals surface area contributed by atoms with Crippen LogP contribution in [0.1, 0.15) is 55.4 Å². The zero-order valence-electron chi connectivity index (χ0n) is 13.2. The number of nitrogens with one attached hydrogen (secondary N) is 2. The summed E-state index contributed by atoms with van der Waals surface area (Å²) in [6, 6.07) is 0.890. The average Bonchev–Trinajstić information content (AvgIpc) is 2.74. The summed E-state index contributed by atoms with van der Waals surface area (Å²) in [6.07, 6.45) is 3.86. The number of quaternary nitrogens is 1. The Hall–Kier alpha value is -1.20. The maximum atomic E-state index is 12.4. The third-order valence-electron chi connectivity index (χ3n) is 5.01. The molecule has 3 heterocycles. The van der Waals surface area contributed by atoms with Gasteiger partial charge in [0.1, 0.15) is 10.9 Å². The van der Waals surface area contributed by atoms with Gasteiger partial charge in [-0.25, -0.2) is 4.98 Å². The quantitative estimate of drug-likeness (QED) is 0.893. The fourth-order valence-electron chi connectivity index (χ4n) is 3.51. The molecule has 2 aromatic heterocycles. The minimum atomic E-state index is 0.0211. The molecule has 0 bridgehead atoms. The van der Waals surface area contributed by atoms with Gasteiger partial charge in [-0.1, -0.05) is 0 Å². The lowest BCUT2D eigenvalue weighted by atomic mass is 10.0. The van der Waals surface area contributed by atoms with Crippen molar-refractivity contribution < 1.29 is 4.90 Å². The number of hydrogen-bond donors (Lipinski definition) is 2. The SMILES string of the molecule is Cc1sc2nc([C@H](C)[NH+]3CCCC[C@@H]3C)[nH]c(=O)c2c1C. The molecule has 1 aliphatic heterocycles. The van der Waals surface area contributed by atoms with Crippen molar-refractivity contribution in [1.82, 2.24) is 9.97 Å². The maximum Gasteiger partial charge on any atom is 0.260 e. The molecule has 1 fully saturated rings. The normalized spacial score (nSPS) is 24.4. The standard InChI is InChI=1S/C16H23N3OS/c1-9-7-5-6-8-19(9)11(3)14-17-15(20)13-10(2)12(4)21-16(13)18-14/h9,11H,5-8H2,1-4H3,(H,17,18,20)/p+1/t9-,11-/m0/s1. The van der Waals surface area contributed by atoms with E-state index in [-0.39, 0.29) is 11.6 Å². The second-order valence-electron chi connectivity index (χ2n) is 6.36. The van der Waals surface area contributed by atoms with Crippen molar-refractivity contribution in [3.05, 3.63) is 26.6 Å². The number of H-pyrrole nitrogens is 1. The van der Waals surface area contributed by atoms with E-state index in [1.54, 1.807) is 16.2 Å². The lowest BCUT2D eigenvalue weighted by Crippen LogP contribution is -3.16. The number of aromatic nitrogens is 2. The van der Waals surface area contributed by atoms with Gasteiger partial charge in [0.2, 0.25) is 0 Å². The molecule has 4 nitrogen and oxygen atoms in total. The minimum Gasteiger partial charge on any atom is -0.324 e. The van der Waals surface area contributed by atoms with Gasteiger partial charge in [-0.05, 0) is 52.5 Å². The third-order valence-corrected chi connectivity index (χ3v) is 6.11. The monoisotopic (exact) mass is 306 g/mol. The van der Waals surface area contributed by atoms with Gasteiger partial charge in [-0.3, -0.25) is 4.79 Å². The minimum absolute atomic E-state index is 0.0211. The molecule has 2 N–H and O–H groups in total. The molecule has 3 atom stereocenters. The van der Waals surface area contributed by atoms with E-state index in [0.717, 1.165) is 21.6 Å². The fourth-order valence-corrected chi connectivity index (χ4v) is 4.54. The lowest BCUT2D eigenvalue weighted by molar-refractivity contribution is -0.957. The summed E-state index contributed by atoms with van der Waals surface area (Å²) in [7, 11) is 0. The van der Waals surface area contributed by atoms with Gasteiger partial charge in [0.25, 0.3) is 5.56 Å².